The van der Waals surface area contributed by atoms with Crippen LogP contribution in [0.4, 0.5) is 0 Å². The van der Waals surface area contributed by atoms with Crippen molar-refractivity contribution in [3.8, 4) is 5.75 Å². The molecule has 5 amide bonds. The second kappa shape index (κ2) is 21.6. The molecule has 2 aromatic rings. The van der Waals surface area contributed by atoms with Crippen molar-refractivity contribution >= 4 is 41.2 Å². The van der Waals surface area contributed by atoms with Crippen molar-refractivity contribution in [3.05, 3.63) is 54.1 Å². The predicted molar refractivity (Wildman–Crippen MR) is 220 cm³/mol. The zero-order valence-corrected chi connectivity index (χ0v) is 35.5. The number of nitrogens with zero attached hydrogens (tertiary/aromatic N) is 3. The van der Waals surface area contributed by atoms with E-state index in [2.05, 4.69) is 31.2 Å². The molecule has 0 radical (unpaired) electrons. The van der Waals surface area contributed by atoms with Gasteiger partial charge >= 0.3 is 0 Å². The van der Waals surface area contributed by atoms with E-state index in [-0.39, 0.29) is 42.9 Å². The number of benzene rings is 1. The average molecular weight is 819 g/mol. The minimum atomic E-state index is -1.14. The molecule has 2 saturated carbocycles. The minimum absolute atomic E-state index is 0.0211. The third-order valence-corrected chi connectivity index (χ3v) is 10.7. The Bertz CT molecular complexity index is 1770. The standard InChI is InChI=1S/C41H56N8O8.C2H6/c1-6-10-29(33(50)39(54)45-26-15-16-26)46-37(52)31-21-28(57-27-17-13-25(14-18-27)35(42)56-5)23-49(31)40(55)34(41(2,3)4)48-38(53)32(24-11-8-7-9-12-24)47-36(51)30-22-43-19-20-44-30;1-2/h13-14,17-20,22,24,26,28-29,31-32,34,42H,6-12,15-16,21,23H2,1-5H3,(H,45,54)(H,46,52)(H,47,51)(H,48,53);1-2H3/t28-,29+,31+,32?,34-;/m1./s1. The first-order chi connectivity index (χ1) is 28.2. The zero-order valence-electron chi connectivity index (χ0n) is 35.5. The van der Waals surface area contributed by atoms with Crippen molar-refractivity contribution in [2.45, 2.75) is 142 Å². The van der Waals surface area contributed by atoms with Gasteiger partial charge < -0.3 is 35.6 Å². The van der Waals surface area contributed by atoms with E-state index in [1.807, 2.05) is 20.8 Å². The molecule has 16 nitrogen and oxygen atoms in total. The van der Waals surface area contributed by atoms with Crippen LogP contribution < -0.4 is 26.0 Å². The maximum Gasteiger partial charge on any atom is 0.289 e. The molecule has 322 valence electrons. The van der Waals surface area contributed by atoms with Crippen LogP contribution in [-0.4, -0.2) is 106 Å². The molecule has 2 aliphatic carbocycles. The number of aromatic nitrogens is 2. The van der Waals surface area contributed by atoms with Gasteiger partial charge in [0.15, 0.2) is 0 Å². The SMILES string of the molecule is CC.CCC[C@H](NC(=O)[C@@H]1C[C@@H](Oc2ccc(C(=N)OC)cc2)CN1C(=O)[C@@H](NC(=O)C(NC(=O)c1cnccn1)C1CCCCC1)C(C)(C)C)C(=O)C(=O)NC1CC1. The molecular weight excluding hydrogens is 757 g/mol. The minimum Gasteiger partial charge on any atom is -0.488 e. The van der Waals surface area contributed by atoms with Gasteiger partial charge in [-0.05, 0) is 67.7 Å². The molecule has 0 spiro atoms. The second-order valence-corrected chi connectivity index (χ2v) is 16.2. The maximum atomic E-state index is 14.8. The summed E-state index contributed by atoms with van der Waals surface area (Å²) in [5.74, 6) is -3.52. The van der Waals surface area contributed by atoms with Gasteiger partial charge in [0, 0.05) is 30.4 Å². The van der Waals surface area contributed by atoms with E-state index in [1.54, 1.807) is 45.0 Å². The monoisotopic (exact) mass is 818 g/mol. The molecule has 5 rings (SSSR count). The highest BCUT2D eigenvalue weighted by atomic mass is 16.5. The van der Waals surface area contributed by atoms with Gasteiger partial charge in [0.1, 0.15) is 35.7 Å². The predicted octanol–water partition coefficient (Wildman–Crippen LogP) is 3.87. The number of hydrogen-bond acceptors (Lipinski definition) is 11. The third kappa shape index (κ3) is 12.8. The largest absolute Gasteiger partial charge is 0.488 e. The van der Waals surface area contributed by atoms with Crippen LogP contribution in [0.25, 0.3) is 0 Å². The second-order valence-electron chi connectivity index (χ2n) is 16.2. The first-order valence-corrected chi connectivity index (χ1v) is 20.9. The Morgan fingerprint density at radius 1 is 0.932 bits per heavy atom. The summed E-state index contributed by atoms with van der Waals surface area (Å²) in [6.45, 7) is 11.2. The van der Waals surface area contributed by atoms with Crippen molar-refractivity contribution in [2.75, 3.05) is 13.7 Å². The lowest BCUT2D eigenvalue weighted by Crippen LogP contribution is -2.62. The third-order valence-electron chi connectivity index (χ3n) is 10.7. The Morgan fingerprint density at radius 2 is 1.61 bits per heavy atom. The molecule has 59 heavy (non-hydrogen) atoms. The van der Waals surface area contributed by atoms with Gasteiger partial charge in [0.25, 0.3) is 11.8 Å². The number of ketones is 1. The number of carbonyl (C=O) groups excluding carboxylic acids is 6. The Kier molecular flexibility index (Phi) is 16.9. The van der Waals surface area contributed by atoms with Crippen LogP contribution in [0, 0.1) is 16.7 Å². The quantitative estimate of drug-likeness (QED) is 0.0935. The highest BCUT2D eigenvalue weighted by Gasteiger charge is 2.47. The number of likely N-dealkylation sites (tertiary alicyclic amines) is 1. The summed E-state index contributed by atoms with van der Waals surface area (Å²) in [6, 6.07) is 2.28. The van der Waals surface area contributed by atoms with Gasteiger partial charge in [-0.1, -0.05) is 67.2 Å². The van der Waals surface area contributed by atoms with Gasteiger partial charge in [-0.25, -0.2) is 4.98 Å². The lowest BCUT2D eigenvalue weighted by molar-refractivity contribution is -0.145. The summed E-state index contributed by atoms with van der Waals surface area (Å²) >= 11 is 0. The number of methoxy groups -OCH3 is 1. The molecule has 1 unspecified atom stereocenters. The van der Waals surface area contributed by atoms with Crippen LogP contribution in [0.2, 0.25) is 0 Å². The highest BCUT2D eigenvalue weighted by Crippen LogP contribution is 2.31. The van der Waals surface area contributed by atoms with E-state index in [1.165, 1.54) is 30.6 Å². The van der Waals surface area contributed by atoms with Crippen LogP contribution in [0.15, 0.2) is 42.9 Å². The van der Waals surface area contributed by atoms with E-state index in [9.17, 15) is 28.8 Å². The average Bonchev–Trinajstić information content (AvgIpc) is 3.96. The molecule has 5 atom stereocenters. The van der Waals surface area contributed by atoms with E-state index in [0.29, 0.717) is 30.6 Å². The van der Waals surface area contributed by atoms with E-state index in [4.69, 9.17) is 14.9 Å². The van der Waals surface area contributed by atoms with Crippen molar-refractivity contribution in [2.24, 2.45) is 11.3 Å². The molecule has 1 saturated heterocycles. The molecule has 0 bridgehead atoms. The fraction of sp³-hybridized carbons (Fsp3) is 0.605. The summed E-state index contributed by atoms with van der Waals surface area (Å²) in [6.07, 6.45) is 10.1. The molecule has 1 aromatic heterocycles. The molecule has 1 aliphatic heterocycles. The Morgan fingerprint density at radius 3 is 2.19 bits per heavy atom. The highest BCUT2D eigenvalue weighted by molar-refractivity contribution is 6.38. The summed E-state index contributed by atoms with van der Waals surface area (Å²) in [5, 5.41) is 19.2. The topological polar surface area (TPSA) is 222 Å². The fourth-order valence-corrected chi connectivity index (χ4v) is 7.38. The van der Waals surface area contributed by atoms with Gasteiger partial charge in [0.2, 0.25) is 29.4 Å². The molecule has 5 N–H and O–H groups in total. The van der Waals surface area contributed by atoms with Crippen LogP contribution >= 0.6 is 0 Å². The first kappa shape index (κ1) is 46.3. The van der Waals surface area contributed by atoms with Crippen molar-refractivity contribution < 1.29 is 38.2 Å². The van der Waals surface area contributed by atoms with Gasteiger partial charge in [-0.2, -0.15) is 0 Å². The van der Waals surface area contributed by atoms with Crippen molar-refractivity contribution in [1.82, 2.24) is 36.1 Å². The van der Waals surface area contributed by atoms with Crippen LogP contribution in [-0.2, 0) is 28.7 Å². The zero-order chi connectivity index (χ0) is 43.3. The molecule has 3 aliphatic rings. The molecule has 3 fully saturated rings. The summed E-state index contributed by atoms with van der Waals surface area (Å²) < 4.78 is 11.3. The Hall–Kier alpha value is -5.41. The van der Waals surface area contributed by atoms with Crippen LogP contribution in [0.1, 0.15) is 122 Å². The number of amides is 5. The smallest absolute Gasteiger partial charge is 0.289 e. The number of rotatable bonds is 16. The van der Waals surface area contributed by atoms with Crippen molar-refractivity contribution in [3.63, 3.8) is 0 Å². The van der Waals surface area contributed by atoms with E-state index < -0.39 is 71.0 Å². The van der Waals surface area contributed by atoms with E-state index >= 15 is 0 Å². The lowest BCUT2D eigenvalue weighted by Gasteiger charge is -2.37. The number of nitrogens with one attached hydrogen (secondary N) is 5. The number of carbonyl (C=O) groups is 6. The fourth-order valence-electron chi connectivity index (χ4n) is 7.38. The molecule has 2 heterocycles. The summed E-state index contributed by atoms with van der Waals surface area (Å²) in [7, 11) is 1.40. The molecule has 1 aromatic carbocycles. The number of hydrogen-bond donors (Lipinski definition) is 5. The molecular formula is C43H62N8O8. The van der Waals surface area contributed by atoms with Crippen molar-refractivity contribution in [1.29, 1.82) is 5.41 Å². The maximum absolute atomic E-state index is 14.8. The molecule has 16 heteroatoms. The van der Waals surface area contributed by atoms with Gasteiger partial charge in [-0.15, -0.1) is 0 Å². The van der Waals surface area contributed by atoms with E-state index in [0.717, 1.165) is 32.1 Å². The normalized spacial score (nSPS) is 19.4. The Balaban J connectivity index is 0.00000378. The van der Waals surface area contributed by atoms with Gasteiger partial charge in [-0.3, -0.25) is 39.2 Å². The Labute approximate surface area is 347 Å². The summed E-state index contributed by atoms with van der Waals surface area (Å²) in [5.41, 5.74) is -0.268. The van der Waals surface area contributed by atoms with Gasteiger partial charge in [0.05, 0.1) is 25.9 Å². The number of ether oxygens (including phenoxy) is 2. The van der Waals surface area contributed by atoms with Crippen LogP contribution in [0.3, 0.4) is 0 Å². The lowest BCUT2D eigenvalue weighted by atomic mass is 9.82. The summed E-state index contributed by atoms with van der Waals surface area (Å²) in [4.78, 5) is 92.0. The first-order valence-electron chi connectivity index (χ1n) is 20.9. The number of Topliss-reactive ketones (excluding diaryl/α,β-unsaturated/α-hetero) is 1. The van der Waals surface area contributed by atoms with Crippen LogP contribution in [0.5, 0.6) is 5.75 Å².